The Morgan fingerprint density at radius 1 is 1.08 bits per heavy atom. The van der Waals surface area contributed by atoms with Gasteiger partial charge in [0.15, 0.2) is 0 Å². The highest BCUT2D eigenvalue weighted by atomic mass is 35.5. The quantitative estimate of drug-likeness (QED) is 0.0809. The van der Waals surface area contributed by atoms with Crippen molar-refractivity contribution in [1.29, 1.82) is 0 Å². The molecular weight excluding hydrogens is 648 g/mol. The van der Waals surface area contributed by atoms with E-state index in [1.54, 1.807) is 11.8 Å². The van der Waals surface area contributed by atoms with E-state index in [-0.39, 0.29) is 25.1 Å². The Labute approximate surface area is 292 Å². The predicted octanol–water partition coefficient (Wildman–Crippen LogP) is 5.82. The third-order valence-electron chi connectivity index (χ3n) is 8.89. The lowest BCUT2D eigenvalue weighted by atomic mass is 9.94. The van der Waals surface area contributed by atoms with Crippen LogP contribution in [0.15, 0.2) is 65.8 Å². The molecule has 2 aliphatic carbocycles. The summed E-state index contributed by atoms with van der Waals surface area (Å²) in [4.78, 5) is 31.2. The van der Waals surface area contributed by atoms with Crippen molar-refractivity contribution >= 4 is 35.2 Å². The molecule has 0 spiro atoms. The van der Waals surface area contributed by atoms with Crippen LogP contribution in [0.5, 0.6) is 5.75 Å². The number of nitrogens with one attached hydrogen (secondary N) is 1. The Hall–Kier alpha value is -3.15. The Bertz CT molecular complexity index is 1530. The number of amides is 2. The van der Waals surface area contributed by atoms with E-state index in [9.17, 15) is 14.7 Å². The fourth-order valence-corrected chi connectivity index (χ4v) is 7.04. The van der Waals surface area contributed by atoms with Gasteiger partial charge in [0, 0.05) is 53.1 Å². The first-order valence-corrected chi connectivity index (χ1v) is 18.4. The number of nitrogens with zero attached hydrogens (tertiary/aromatic N) is 2. The topological polar surface area (TPSA) is 138 Å². The fourth-order valence-electron chi connectivity index (χ4n) is 5.89. The van der Waals surface area contributed by atoms with Crippen molar-refractivity contribution in [3.05, 3.63) is 77.1 Å². The van der Waals surface area contributed by atoms with Crippen LogP contribution < -0.4 is 15.8 Å². The molecule has 5 rings (SSSR count). The Balaban J connectivity index is 1.12. The second-order valence-electron chi connectivity index (χ2n) is 12.8. The van der Waals surface area contributed by atoms with Crippen LogP contribution in [0.4, 0.5) is 0 Å². The van der Waals surface area contributed by atoms with Gasteiger partial charge < -0.3 is 30.9 Å². The number of unbranched alkanes of at least 4 members (excludes halogenated alkanes) is 3. The fraction of sp³-hybridized carbons (Fsp3) is 0.486. The summed E-state index contributed by atoms with van der Waals surface area (Å²) in [6, 6.07) is 16.5. The van der Waals surface area contributed by atoms with Crippen molar-refractivity contribution in [2.24, 2.45) is 5.73 Å². The summed E-state index contributed by atoms with van der Waals surface area (Å²) in [7, 11) is 0. The van der Waals surface area contributed by atoms with Gasteiger partial charge >= 0.3 is 0 Å². The van der Waals surface area contributed by atoms with Gasteiger partial charge in [0.1, 0.15) is 11.9 Å². The highest BCUT2D eigenvalue weighted by Crippen LogP contribution is 2.50. The molecule has 1 heterocycles. The number of aliphatic hydroxyl groups is 2. The molecule has 2 aromatic carbocycles. The van der Waals surface area contributed by atoms with Gasteiger partial charge in [-0.15, -0.1) is 11.8 Å². The number of rotatable bonds is 21. The Morgan fingerprint density at radius 2 is 1.90 bits per heavy atom. The van der Waals surface area contributed by atoms with Crippen LogP contribution in [0.3, 0.4) is 0 Å². The summed E-state index contributed by atoms with van der Waals surface area (Å²) in [5, 5.41) is 23.7. The molecule has 5 N–H and O–H groups in total. The SMILES string of the molecule is NC(=O)CN(CCCCCSc1ccc(Cl)c(CNC2(c3cnccc3-c3ccccc3OC3CC3)CC2)c1)C(=O)C(O)CCCCO. The number of hydrogen-bond acceptors (Lipinski definition) is 8. The van der Waals surface area contributed by atoms with Crippen molar-refractivity contribution in [2.75, 3.05) is 25.4 Å². The first kappa shape index (κ1) is 36.1. The number of aromatic nitrogens is 1. The van der Waals surface area contributed by atoms with Gasteiger partial charge in [0.2, 0.25) is 5.91 Å². The number of nitrogens with two attached hydrogens (primary N) is 1. The zero-order chi connectivity index (χ0) is 33.9. The third kappa shape index (κ3) is 10.2. The van der Waals surface area contributed by atoms with E-state index in [0.717, 1.165) is 76.6 Å². The molecule has 258 valence electrons. The molecular formula is C37H47ClN4O5S. The van der Waals surface area contributed by atoms with E-state index in [2.05, 4.69) is 40.6 Å². The van der Waals surface area contributed by atoms with E-state index in [1.807, 2.05) is 30.6 Å². The third-order valence-corrected chi connectivity index (χ3v) is 10.3. The van der Waals surface area contributed by atoms with Gasteiger partial charge in [-0.05, 0) is 111 Å². The number of aliphatic hydroxyl groups excluding tert-OH is 2. The minimum Gasteiger partial charge on any atom is -0.490 e. The number of carbonyl (C=O) groups is 2. The molecule has 2 fully saturated rings. The van der Waals surface area contributed by atoms with Gasteiger partial charge in [0.05, 0.1) is 12.6 Å². The molecule has 3 aromatic rings. The normalized spacial score (nSPS) is 15.6. The molecule has 0 saturated heterocycles. The summed E-state index contributed by atoms with van der Waals surface area (Å²) in [5.41, 5.74) is 9.67. The number of ether oxygens (including phenoxy) is 1. The zero-order valence-corrected chi connectivity index (χ0v) is 29.0. The number of primary amides is 1. The summed E-state index contributed by atoms with van der Waals surface area (Å²) >= 11 is 8.44. The molecule has 0 aliphatic heterocycles. The highest BCUT2D eigenvalue weighted by molar-refractivity contribution is 7.99. The number of benzene rings is 2. The lowest BCUT2D eigenvalue weighted by Gasteiger charge is -2.24. The number of para-hydroxylation sites is 1. The van der Waals surface area contributed by atoms with Crippen molar-refractivity contribution < 1.29 is 24.5 Å². The van der Waals surface area contributed by atoms with Crippen LogP contribution in [-0.2, 0) is 21.7 Å². The maximum Gasteiger partial charge on any atom is 0.251 e. The van der Waals surface area contributed by atoms with E-state index in [4.69, 9.17) is 27.2 Å². The number of hydrogen-bond donors (Lipinski definition) is 4. The van der Waals surface area contributed by atoms with Gasteiger partial charge in [0.25, 0.3) is 5.91 Å². The van der Waals surface area contributed by atoms with Crippen LogP contribution in [0.25, 0.3) is 11.1 Å². The number of pyridine rings is 1. The highest BCUT2D eigenvalue weighted by Gasteiger charge is 2.46. The standard InChI is InChI=1S/C37H47ClN4O5S/c38-32-14-13-28(48-21-7-1-5-19-42(25-35(39)45)36(46)33(44)9-4-6-20-43)22-26(32)23-41-37(16-17-37)31-24-40-18-15-29(31)30-8-2-3-10-34(30)47-27-11-12-27/h2-3,8,10,13-15,18,22,24,27,33,41,43-44H,1,4-7,9,11-12,16-17,19-21,23,25H2,(H2,39,45). The Kier molecular flexibility index (Phi) is 13.2. The van der Waals surface area contributed by atoms with Crippen molar-refractivity contribution in [2.45, 2.75) is 93.4 Å². The minimum absolute atomic E-state index is 0.0123. The number of carbonyl (C=O) groups excluding carboxylic acids is 2. The van der Waals surface area contributed by atoms with E-state index in [0.29, 0.717) is 38.5 Å². The Morgan fingerprint density at radius 3 is 2.65 bits per heavy atom. The van der Waals surface area contributed by atoms with Crippen LogP contribution in [-0.4, -0.2) is 69.6 Å². The van der Waals surface area contributed by atoms with Crippen LogP contribution >= 0.6 is 23.4 Å². The van der Waals surface area contributed by atoms with Gasteiger partial charge in [-0.2, -0.15) is 0 Å². The lowest BCUT2D eigenvalue weighted by molar-refractivity contribution is -0.143. The van der Waals surface area contributed by atoms with Crippen LogP contribution in [0.2, 0.25) is 5.02 Å². The minimum atomic E-state index is -1.19. The molecule has 0 radical (unpaired) electrons. The van der Waals surface area contributed by atoms with Gasteiger partial charge in [-0.3, -0.25) is 14.6 Å². The van der Waals surface area contributed by atoms with Crippen LogP contribution in [0, 0.1) is 0 Å². The van der Waals surface area contributed by atoms with E-state index >= 15 is 0 Å². The number of halogens is 1. The molecule has 2 amide bonds. The molecule has 11 heteroatoms. The summed E-state index contributed by atoms with van der Waals surface area (Å²) in [6.07, 6.45) is 11.0. The molecule has 1 aromatic heterocycles. The maximum atomic E-state index is 12.6. The average Bonchev–Trinajstić information content (AvgIpc) is 4.03. The second kappa shape index (κ2) is 17.5. The molecule has 9 nitrogen and oxygen atoms in total. The average molecular weight is 695 g/mol. The summed E-state index contributed by atoms with van der Waals surface area (Å²) < 4.78 is 6.26. The number of thioether (sulfide) groups is 1. The predicted molar refractivity (Wildman–Crippen MR) is 190 cm³/mol. The largest absolute Gasteiger partial charge is 0.490 e. The molecule has 2 saturated carbocycles. The van der Waals surface area contributed by atoms with E-state index < -0.39 is 17.9 Å². The summed E-state index contributed by atoms with van der Waals surface area (Å²) in [5.74, 6) is 0.736. The van der Waals surface area contributed by atoms with Gasteiger partial charge in [-0.1, -0.05) is 36.2 Å². The zero-order valence-electron chi connectivity index (χ0n) is 27.4. The first-order chi connectivity index (χ1) is 23.3. The van der Waals surface area contributed by atoms with Gasteiger partial charge in [-0.25, -0.2) is 0 Å². The molecule has 2 aliphatic rings. The van der Waals surface area contributed by atoms with Crippen LogP contribution in [0.1, 0.15) is 75.3 Å². The second-order valence-corrected chi connectivity index (χ2v) is 14.4. The van der Waals surface area contributed by atoms with Crippen molar-refractivity contribution in [3.8, 4) is 16.9 Å². The molecule has 0 bridgehead atoms. The lowest BCUT2D eigenvalue weighted by Crippen LogP contribution is -2.44. The first-order valence-electron chi connectivity index (χ1n) is 17.0. The smallest absolute Gasteiger partial charge is 0.251 e. The molecule has 1 unspecified atom stereocenters. The summed E-state index contributed by atoms with van der Waals surface area (Å²) in [6.45, 7) is 0.799. The van der Waals surface area contributed by atoms with Crippen molar-refractivity contribution in [3.63, 3.8) is 0 Å². The monoisotopic (exact) mass is 694 g/mol. The van der Waals surface area contributed by atoms with Crippen molar-refractivity contribution in [1.82, 2.24) is 15.2 Å². The maximum absolute atomic E-state index is 12.6. The molecule has 1 atom stereocenters. The van der Waals surface area contributed by atoms with E-state index in [1.165, 1.54) is 10.5 Å². The molecule has 48 heavy (non-hydrogen) atoms.